The first-order valence-corrected chi connectivity index (χ1v) is 7.81. The molecule has 2 aromatic rings. The molecule has 0 bridgehead atoms. The average molecular weight is 290 g/mol. The number of hydrogen-bond donors (Lipinski definition) is 1. The van der Waals surface area contributed by atoms with Crippen LogP contribution in [0.2, 0.25) is 0 Å². The topological polar surface area (TPSA) is 37.3 Å². The number of aliphatic carboxylic acids is 1. The van der Waals surface area contributed by atoms with E-state index < -0.39 is 5.97 Å². The molecule has 1 atom stereocenters. The van der Waals surface area contributed by atoms with Gasteiger partial charge in [0.2, 0.25) is 0 Å². The first-order chi connectivity index (χ1) is 10.7. The van der Waals surface area contributed by atoms with Crippen molar-refractivity contribution in [1.29, 1.82) is 0 Å². The highest BCUT2D eigenvalue weighted by atomic mass is 16.4. The number of carbonyl (C=O) groups is 1. The predicted octanol–water partition coefficient (Wildman–Crippen LogP) is 4.34. The van der Waals surface area contributed by atoms with Crippen LogP contribution in [0.3, 0.4) is 0 Å². The summed E-state index contributed by atoms with van der Waals surface area (Å²) in [7, 11) is 0. The molecule has 0 radical (unpaired) electrons. The molecule has 2 aliphatic rings. The number of carboxylic acid groups (broad SMARTS) is 1. The summed E-state index contributed by atoms with van der Waals surface area (Å²) in [5, 5.41) is 9.48. The maximum absolute atomic E-state index is 11.5. The molecule has 4 rings (SSSR count). The summed E-state index contributed by atoms with van der Waals surface area (Å²) in [6.07, 6.45) is 6.67. The standard InChI is InChI=1S/C20H18O2/c21-19(22)16-11-12-20(13-16)17-7-3-1-5-14(17)9-10-15-6-2-4-8-18(15)20/h1-10,16H,11-13H2,(H,21,22)/t16-/m0/s1. The Hall–Kier alpha value is -2.35. The SMILES string of the molecule is O=C(O)[C@H]1CCC2(C1)c1ccccc1C=Cc1ccccc12. The highest BCUT2D eigenvalue weighted by molar-refractivity contribution is 5.79. The first-order valence-electron chi connectivity index (χ1n) is 7.81. The molecule has 1 spiro atoms. The summed E-state index contributed by atoms with van der Waals surface area (Å²) in [4.78, 5) is 11.5. The Labute approximate surface area is 130 Å². The van der Waals surface area contributed by atoms with Crippen LogP contribution in [0.5, 0.6) is 0 Å². The Morgan fingerprint density at radius 1 is 0.955 bits per heavy atom. The lowest BCUT2D eigenvalue weighted by Crippen LogP contribution is -2.27. The quantitative estimate of drug-likeness (QED) is 0.848. The fourth-order valence-corrected chi connectivity index (χ4v) is 4.23. The Morgan fingerprint density at radius 2 is 1.50 bits per heavy atom. The summed E-state index contributed by atoms with van der Waals surface area (Å²) >= 11 is 0. The van der Waals surface area contributed by atoms with E-state index in [1.54, 1.807) is 0 Å². The molecule has 2 aliphatic carbocycles. The normalized spacial score (nSPS) is 21.2. The molecule has 0 unspecified atom stereocenters. The Morgan fingerprint density at radius 3 is 2.00 bits per heavy atom. The van der Waals surface area contributed by atoms with Gasteiger partial charge in [-0.3, -0.25) is 4.79 Å². The number of benzene rings is 2. The predicted molar refractivity (Wildman–Crippen MR) is 87.6 cm³/mol. The fourth-order valence-electron chi connectivity index (χ4n) is 4.23. The van der Waals surface area contributed by atoms with Crippen molar-refractivity contribution in [2.24, 2.45) is 5.92 Å². The molecule has 2 heteroatoms. The third kappa shape index (κ3) is 1.83. The van der Waals surface area contributed by atoms with Gasteiger partial charge in [-0.2, -0.15) is 0 Å². The van der Waals surface area contributed by atoms with Gasteiger partial charge in [0.1, 0.15) is 0 Å². The smallest absolute Gasteiger partial charge is 0.306 e. The second-order valence-corrected chi connectivity index (χ2v) is 6.37. The molecular formula is C20H18O2. The summed E-state index contributed by atoms with van der Waals surface area (Å²) in [6.45, 7) is 0. The largest absolute Gasteiger partial charge is 0.481 e. The van der Waals surface area contributed by atoms with Crippen LogP contribution in [0.15, 0.2) is 48.5 Å². The molecule has 0 amide bonds. The lowest BCUT2D eigenvalue weighted by atomic mass is 9.70. The van der Waals surface area contributed by atoms with Crippen molar-refractivity contribution >= 4 is 18.1 Å². The highest BCUT2D eigenvalue weighted by Crippen LogP contribution is 2.52. The molecule has 1 N–H and O–H groups in total. The molecule has 0 heterocycles. The second kappa shape index (κ2) is 4.84. The zero-order valence-electron chi connectivity index (χ0n) is 12.3. The molecule has 1 fully saturated rings. The summed E-state index contributed by atoms with van der Waals surface area (Å²) in [5.41, 5.74) is 4.81. The molecule has 110 valence electrons. The van der Waals surface area contributed by atoms with Crippen molar-refractivity contribution in [2.45, 2.75) is 24.7 Å². The van der Waals surface area contributed by atoms with Crippen molar-refractivity contribution < 1.29 is 9.90 Å². The minimum atomic E-state index is -0.663. The van der Waals surface area contributed by atoms with Crippen LogP contribution < -0.4 is 0 Å². The molecule has 22 heavy (non-hydrogen) atoms. The van der Waals surface area contributed by atoms with E-state index in [0.717, 1.165) is 12.8 Å². The van der Waals surface area contributed by atoms with Gasteiger partial charge in [0.05, 0.1) is 5.92 Å². The van der Waals surface area contributed by atoms with Crippen molar-refractivity contribution in [2.75, 3.05) is 0 Å². The Balaban J connectivity index is 1.97. The van der Waals surface area contributed by atoms with E-state index in [1.165, 1.54) is 22.3 Å². The molecular weight excluding hydrogens is 272 g/mol. The van der Waals surface area contributed by atoms with Gasteiger partial charge in [-0.05, 0) is 41.5 Å². The zero-order chi connectivity index (χ0) is 15.2. The molecule has 1 saturated carbocycles. The third-order valence-corrected chi connectivity index (χ3v) is 5.26. The number of carboxylic acids is 1. The highest BCUT2D eigenvalue weighted by Gasteiger charge is 2.46. The average Bonchev–Trinajstić information content (AvgIpc) is 2.94. The van der Waals surface area contributed by atoms with Crippen molar-refractivity contribution in [3.63, 3.8) is 0 Å². The number of fused-ring (bicyclic) bond motifs is 4. The molecule has 0 aliphatic heterocycles. The van der Waals surface area contributed by atoms with Crippen molar-refractivity contribution in [3.05, 3.63) is 70.8 Å². The van der Waals surface area contributed by atoms with Crippen molar-refractivity contribution in [3.8, 4) is 0 Å². The van der Waals surface area contributed by atoms with E-state index in [-0.39, 0.29) is 11.3 Å². The van der Waals surface area contributed by atoms with Crippen molar-refractivity contribution in [1.82, 2.24) is 0 Å². The maximum Gasteiger partial charge on any atom is 0.306 e. The van der Waals surface area contributed by atoms with Gasteiger partial charge in [-0.25, -0.2) is 0 Å². The summed E-state index contributed by atoms with van der Waals surface area (Å²) in [5.74, 6) is -0.914. The summed E-state index contributed by atoms with van der Waals surface area (Å²) < 4.78 is 0. The van der Waals surface area contributed by atoms with Gasteiger partial charge < -0.3 is 5.11 Å². The van der Waals surface area contributed by atoms with Crippen LogP contribution in [0.4, 0.5) is 0 Å². The molecule has 0 saturated heterocycles. The number of hydrogen-bond acceptors (Lipinski definition) is 1. The zero-order valence-corrected chi connectivity index (χ0v) is 12.3. The van der Waals surface area contributed by atoms with Gasteiger partial charge in [0, 0.05) is 5.41 Å². The summed E-state index contributed by atoms with van der Waals surface area (Å²) in [6, 6.07) is 16.8. The van der Waals surface area contributed by atoms with Crippen LogP contribution in [0, 0.1) is 5.92 Å². The third-order valence-electron chi connectivity index (χ3n) is 5.26. The van der Waals surface area contributed by atoms with Crippen LogP contribution >= 0.6 is 0 Å². The van der Waals surface area contributed by atoms with Gasteiger partial charge in [-0.15, -0.1) is 0 Å². The lowest BCUT2D eigenvalue weighted by molar-refractivity contribution is -0.141. The van der Waals surface area contributed by atoms with E-state index in [2.05, 4.69) is 60.7 Å². The Kier molecular flexibility index (Phi) is 2.93. The van der Waals surface area contributed by atoms with Gasteiger partial charge in [0.25, 0.3) is 0 Å². The van der Waals surface area contributed by atoms with E-state index in [9.17, 15) is 9.90 Å². The minimum Gasteiger partial charge on any atom is -0.481 e. The van der Waals surface area contributed by atoms with Crippen LogP contribution in [0.25, 0.3) is 12.2 Å². The Bertz CT molecular complexity index is 723. The fraction of sp³-hybridized carbons (Fsp3) is 0.250. The van der Waals surface area contributed by atoms with Gasteiger partial charge >= 0.3 is 5.97 Å². The van der Waals surface area contributed by atoms with Crippen LogP contribution in [0.1, 0.15) is 41.5 Å². The van der Waals surface area contributed by atoms with Gasteiger partial charge in [-0.1, -0.05) is 60.7 Å². The van der Waals surface area contributed by atoms with Crippen LogP contribution in [-0.4, -0.2) is 11.1 Å². The molecule has 2 aromatic carbocycles. The van der Waals surface area contributed by atoms with Gasteiger partial charge in [0.15, 0.2) is 0 Å². The number of rotatable bonds is 1. The van der Waals surface area contributed by atoms with E-state index in [0.29, 0.717) is 6.42 Å². The maximum atomic E-state index is 11.5. The van der Waals surface area contributed by atoms with E-state index in [4.69, 9.17) is 0 Å². The lowest BCUT2D eigenvalue weighted by Gasteiger charge is -2.32. The minimum absolute atomic E-state index is 0.167. The first kappa shape index (κ1) is 13.3. The monoisotopic (exact) mass is 290 g/mol. The van der Waals surface area contributed by atoms with Crippen LogP contribution in [-0.2, 0) is 10.2 Å². The second-order valence-electron chi connectivity index (χ2n) is 6.37. The van der Waals surface area contributed by atoms with E-state index in [1.807, 2.05) is 0 Å². The van der Waals surface area contributed by atoms with E-state index >= 15 is 0 Å². The molecule has 0 aromatic heterocycles. The molecule has 2 nitrogen and oxygen atoms in total.